The lowest BCUT2D eigenvalue weighted by Gasteiger charge is -2.21. The Morgan fingerprint density at radius 1 is 1.26 bits per heavy atom. The van der Waals surface area contributed by atoms with Gasteiger partial charge in [-0.3, -0.25) is 9.59 Å². The van der Waals surface area contributed by atoms with Gasteiger partial charge in [0.2, 0.25) is 5.43 Å². The number of hydrogen-bond acceptors (Lipinski definition) is 4. The maximum atomic E-state index is 12.4. The number of benzene rings is 1. The monoisotopic (exact) mass is 315 g/mol. The normalized spacial score (nSPS) is 11.8. The average Bonchev–Trinajstić information content (AvgIpc) is 2.53. The minimum Gasteiger partial charge on any atom is -0.480 e. The van der Waals surface area contributed by atoms with Gasteiger partial charge in [-0.1, -0.05) is 18.2 Å². The van der Waals surface area contributed by atoms with Gasteiger partial charge in [-0.25, -0.2) is 9.48 Å². The summed E-state index contributed by atoms with van der Waals surface area (Å²) >= 11 is 0. The molecule has 120 valence electrons. The zero-order valence-electron chi connectivity index (χ0n) is 13.1. The molecule has 0 aliphatic rings. The lowest BCUT2D eigenvalue weighted by atomic mass is 10.2. The molecule has 1 heterocycles. The maximum Gasteiger partial charge on any atom is 0.326 e. The van der Waals surface area contributed by atoms with Crippen molar-refractivity contribution in [2.24, 2.45) is 0 Å². The van der Waals surface area contributed by atoms with E-state index in [-0.39, 0.29) is 5.69 Å². The fourth-order valence-electron chi connectivity index (χ4n) is 2.03. The SMILES string of the molecule is Cc1cc(=O)c(C(=O)N(C)C(C)C(=O)O)nn1-c1ccccc1. The summed E-state index contributed by atoms with van der Waals surface area (Å²) in [5.74, 6) is -1.88. The number of carboxylic acid groups (broad SMARTS) is 1. The largest absolute Gasteiger partial charge is 0.480 e. The molecule has 0 radical (unpaired) electrons. The van der Waals surface area contributed by atoms with Crippen LogP contribution >= 0.6 is 0 Å². The van der Waals surface area contributed by atoms with Crippen LogP contribution in [0.5, 0.6) is 0 Å². The molecule has 1 aromatic heterocycles. The van der Waals surface area contributed by atoms with Crippen molar-refractivity contribution in [1.82, 2.24) is 14.7 Å². The highest BCUT2D eigenvalue weighted by atomic mass is 16.4. The van der Waals surface area contributed by atoms with Crippen molar-refractivity contribution in [3.63, 3.8) is 0 Å². The van der Waals surface area contributed by atoms with Gasteiger partial charge in [-0.2, -0.15) is 5.10 Å². The molecule has 1 N–H and O–H groups in total. The van der Waals surface area contributed by atoms with Crippen molar-refractivity contribution >= 4 is 11.9 Å². The number of para-hydroxylation sites is 1. The number of carbonyl (C=O) groups excluding carboxylic acids is 1. The van der Waals surface area contributed by atoms with Gasteiger partial charge < -0.3 is 10.0 Å². The van der Waals surface area contributed by atoms with Crippen LogP contribution in [0.25, 0.3) is 5.69 Å². The third-order valence-electron chi connectivity index (χ3n) is 3.57. The summed E-state index contributed by atoms with van der Waals surface area (Å²) in [4.78, 5) is 36.5. The highest BCUT2D eigenvalue weighted by Crippen LogP contribution is 2.09. The summed E-state index contributed by atoms with van der Waals surface area (Å²) in [6, 6.07) is 9.31. The first kappa shape index (κ1) is 16.4. The second-order valence-corrected chi connectivity index (χ2v) is 5.18. The van der Waals surface area contributed by atoms with E-state index < -0.39 is 23.3 Å². The van der Waals surface area contributed by atoms with Crippen molar-refractivity contribution in [2.75, 3.05) is 7.05 Å². The standard InChI is InChI=1S/C16H17N3O4/c1-10-9-13(20)14(15(21)18(3)11(2)16(22)23)17-19(10)12-7-5-4-6-8-12/h4-9,11H,1-3H3,(H,22,23). The summed E-state index contributed by atoms with van der Waals surface area (Å²) in [6.45, 7) is 3.07. The molecule has 23 heavy (non-hydrogen) atoms. The highest BCUT2D eigenvalue weighted by Gasteiger charge is 2.26. The van der Waals surface area contributed by atoms with Gasteiger partial charge in [0.05, 0.1) is 5.69 Å². The Balaban J connectivity index is 2.50. The zero-order chi connectivity index (χ0) is 17.1. The van der Waals surface area contributed by atoms with Crippen molar-refractivity contribution < 1.29 is 14.7 Å². The quantitative estimate of drug-likeness (QED) is 0.911. The molecule has 0 aliphatic heterocycles. The van der Waals surface area contributed by atoms with Gasteiger partial charge in [0, 0.05) is 18.8 Å². The van der Waals surface area contributed by atoms with Gasteiger partial charge in [0.25, 0.3) is 5.91 Å². The molecule has 7 heteroatoms. The molecule has 0 saturated carbocycles. The molecule has 0 aliphatic carbocycles. The van der Waals surface area contributed by atoms with E-state index in [1.807, 2.05) is 18.2 Å². The van der Waals surface area contributed by atoms with Crippen molar-refractivity contribution in [1.29, 1.82) is 0 Å². The number of carboxylic acids is 1. The van der Waals surface area contributed by atoms with Crippen LogP contribution in [-0.4, -0.2) is 44.8 Å². The van der Waals surface area contributed by atoms with Crippen LogP contribution in [0, 0.1) is 6.92 Å². The second kappa shape index (κ2) is 6.43. The van der Waals surface area contributed by atoms with E-state index in [4.69, 9.17) is 5.11 Å². The molecule has 0 fully saturated rings. The molecule has 2 rings (SSSR count). The minimum absolute atomic E-state index is 0.310. The van der Waals surface area contributed by atoms with Crippen LogP contribution in [-0.2, 0) is 4.79 Å². The number of aryl methyl sites for hydroxylation is 1. The van der Waals surface area contributed by atoms with E-state index in [1.165, 1.54) is 24.7 Å². The number of rotatable bonds is 4. The molecule has 7 nitrogen and oxygen atoms in total. The first-order valence-corrected chi connectivity index (χ1v) is 6.99. The summed E-state index contributed by atoms with van der Waals surface area (Å²) in [6.07, 6.45) is 0. The molecule has 1 atom stereocenters. The Hall–Kier alpha value is -2.96. The molecule has 2 aromatic rings. The van der Waals surface area contributed by atoms with E-state index in [0.717, 1.165) is 4.90 Å². The smallest absolute Gasteiger partial charge is 0.326 e. The van der Waals surface area contributed by atoms with Crippen LogP contribution in [0.4, 0.5) is 0 Å². The molecule has 0 spiro atoms. The third-order valence-corrected chi connectivity index (χ3v) is 3.57. The lowest BCUT2D eigenvalue weighted by molar-refractivity contribution is -0.141. The van der Waals surface area contributed by atoms with Crippen LogP contribution in [0.1, 0.15) is 23.1 Å². The van der Waals surface area contributed by atoms with E-state index in [1.54, 1.807) is 19.1 Å². The molecule has 1 unspecified atom stereocenters. The zero-order valence-corrected chi connectivity index (χ0v) is 13.1. The highest BCUT2D eigenvalue weighted by molar-refractivity contribution is 5.94. The molecular weight excluding hydrogens is 298 g/mol. The summed E-state index contributed by atoms with van der Waals surface area (Å²) in [5, 5.41) is 13.1. The second-order valence-electron chi connectivity index (χ2n) is 5.18. The Morgan fingerprint density at radius 2 is 1.87 bits per heavy atom. The average molecular weight is 315 g/mol. The summed E-state index contributed by atoms with van der Waals surface area (Å²) < 4.78 is 1.48. The van der Waals surface area contributed by atoms with Gasteiger partial charge in [-0.05, 0) is 26.0 Å². The number of nitrogens with zero attached hydrogens (tertiary/aromatic N) is 3. The van der Waals surface area contributed by atoms with Crippen LogP contribution in [0.15, 0.2) is 41.2 Å². The third kappa shape index (κ3) is 3.28. The van der Waals surface area contributed by atoms with E-state index >= 15 is 0 Å². The Bertz CT molecular complexity index is 799. The topological polar surface area (TPSA) is 92.5 Å². The predicted octanol–water partition coefficient (Wildman–Crippen LogP) is 1.09. The van der Waals surface area contributed by atoms with Crippen molar-refractivity contribution in [3.8, 4) is 5.69 Å². The van der Waals surface area contributed by atoms with E-state index in [0.29, 0.717) is 11.4 Å². The lowest BCUT2D eigenvalue weighted by Crippen LogP contribution is -2.42. The molecular formula is C16H17N3O4. The van der Waals surface area contributed by atoms with Gasteiger partial charge >= 0.3 is 5.97 Å². The molecule has 0 bridgehead atoms. The Kier molecular flexibility index (Phi) is 4.59. The van der Waals surface area contributed by atoms with Crippen LogP contribution in [0.2, 0.25) is 0 Å². The summed E-state index contributed by atoms with van der Waals surface area (Å²) in [5.41, 5.74) is 0.429. The van der Waals surface area contributed by atoms with E-state index in [2.05, 4.69) is 5.10 Å². The van der Waals surface area contributed by atoms with Gasteiger partial charge in [0.15, 0.2) is 5.69 Å². The van der Waals surface area contributed by atoms with Crippen molar-refractivity contribution in [3.05, 3.63) is 58.0 Å². The Labute approximate surface area is 132 Å². The number of aromatic nitrogens is 2. The van der Waals surface area contributed by atoms with Crippen molar-refractivity contribution in [2.45, 2.75) is 19.9 Å². The summed E-state index contributed by atoms with van der Waals surface area (Å²) in [7, 11) is 1.33. The predicted molar refractivity (Wildman–Crippen MR) is 83.8 cm³/mol. The molecule has 1 aromatic carbocycles. The van der Waals surface area contributed by atoms with Crippen LogP contribution < -0.4 is 5.43 Å². The molecule has 1 amide bonds. The van der Waals surface area contributed by atoms with Crippen LogP contribution in [0.3, 0.4) is 0 Å². The minimum atomic E-state index is -1.16. The van der Waals surface area contributed by atoms with Gasteiger partial charge in [-0.15, -0.1) is 0 Å². The number of likely N-dealkylation sites (N-methyl/N-ethyl adjacent to an activating group) is 1. The number of carbonyl (C=O) groups is 2. The number of hydrogen-bond donors (Lipinski definition) is 1. The first-order chi connectivity index (χ1) is 10.8. The first-order valence-electron chi connectivity index (χ1n) is 6.99. The number of amides is 1. The van der Waals surface area contributed by atoms with Gasteiger partial charge in [0.1, 0.15) is 6.04 Å². The number of aliphatic carboxylic acids is 1. The fourth-order valence-corrected chi connectivity index (χ4v) is 2.03. The Morgan fingerprint density at radius 3 is 2.43 bits per heavy atom. The fraction of sp³-hybridized carbons (Fsp3) is 0.250. The van der Waals surface area contributed by atoms with E-state index in [9.17, 15) is 14.4 Å². The maximum absolute atomic E-state index is 12.4. The molecule has 0 saturated heterocycles.